The van der Waals surface area contributed by atoms with Crippen LogP contribution in [0.4, 0.5) is 10.1 Å². The first-order valence-corrected chi connectivity index (χ1v) is 12.8. The molecule has 1 amide bonds. The Morgan fingerprint density at radius 1 is 1.18 bits per heavy atom. The summed E-state index contributed by atoms with van der Waals surface area (Å²) in [5, 5.41) is 4.90. The minimum atomic E-state index is -0.572. The molecule has 0 bridgehead atoms. The van der Waals surface area contributed by atoms with Gasteiger partial charge in [0.2, 0.25) is 5.43 Å². The summed E-state index contributed by atoms with van der Waals surface area (Å²) < 4.78 is 24.6. The number of halogens is 1. The quantitative estimate of drug-likeness (QED) is 0.350. The minimum absolute atomic E-state index is 0.0405. The molecule has 1 aromatic heterocycles. The molecular weight excluding hydrogens is 485 g/mol. The van der Waals surface area contributed by atoms with Gasteiger partial charge in [0.05, 0.1) is 45.3 Å². The van der Waals surface area contributed by atoms with E-state index in [9.17, 15) is 9.59 Å². The van der Waals surface area contributed by atoms with E-state index in [0.29, 0.717) is 47.6 Å². The Morgan fingerprint density at radius 2 is 1.92 bits per heavy atom. The van der Waals surface area contributed by atoms with Gasteiger partial charge in [-0.1, -0.05) is 24.3 Å². The van der Waals surface area contributed by atoms with E-state index in [4.69, 9.17) is 10.5 Å². The zero-order valence-electron chi connectivity index (χ0n) is 21.8. The van der Waals surface area contributed by atoms with Gasteiger partial charge in [-0.05, 0) is 35.4 Å². The highest BCUT2D eigenvalue weighted by Gasteiger charge is 2.33. The van der Waals surface area contributed by atoms with Crippen LogP contribution in [0.2, 0.25) is 0 Å². The molecule has 6 rings (SSSR count). The summed E-state index contributed by atoms with van der Waals surface area (Å²) in [6.07, 6.45) is 2.29. The van der Waals surface area contributed by atoms with E-state index < -0.39 is 17.2 Å². The molecule has 1 atom stereocenters. The SMILES string of the molecule is C[N+](C)(C)CCNC(=O)c1cn2c3c(c(N4CCC(N)C4)c(F)cc3c1=O)Oc1cc3ccccc3cc1-2. The maximum Gasteiger partial charge on any atom is 0.256 e. The molecule has 1 fully saturated rings. The Morgan fingerprint density at radius 3 is 2.61 bits per heavy atom. The predicted octanol–water partition coefficient (Wildman–Crippen LogP) is 3.36. The van der Waals surface area contributed by atoms with Crippen LogP contribution in [0.25, 0.3) is 27.4 Å². The van der Waals surface area contributed by atoms with Crippen LogP contribution in [0.3, 0.4) is 0 Å². The van der Waals surface area contributed by atoms with Crippen molar-refractivity contribution in [3.8, 4) is 17.2 Å². The molecule has 196 valence electrons. The second-order valence-corrected chi connectivity index (χ2v) is 11.2. The van der Waals surface area contributed by atoms with Gasteiger partial charge in [-0.3, -0.25) is 9.59 Å². The van der Waals surface area contributed by atoms with E-state index in [0.717, 1.165) is 17.2 Å². The summed E-state index contributed by atoms with van der Waals surface area (Å²) in [6.45, 7) is 2.16. The van der Waals surface area contributed by atoms with Gasteiger partial charge >= 0.3 is 0 Å². The molecule has 0 spiro atoms. The zero-order chi connectivity index (χ0) is 26.8. The van der Waals surface area contributed by atoms with Crippen molar-refractivity contribution in [1.29, 1.82) is 0 Å². The number of nitrogens with two attached hydrogens (primary N) is 1. The molecule has 3 aromatic carbocycles. The van der Waals surface area contributed by atoms with Gasteiger partial charge in [-0.15, -0.1) is 0 Å². The number of hydrogen-bond acceptors (Lipinski definition) is 5. The van der Waals surface area contributed by atoms with Gasteiger partial charge in [0.25, 0.3) is 5.91 Å². The minimum Gasteiger partial charge on any atom is -0.451 e. The van der Waals surface area contributed by atoms with Gasteiger partial charge in [-0.25, -0.2) is 4.39 Å². The second kappa shape index (κ2) is 8.82. The number of aromatic nitrogens is 1. The van der Waals surface area contributed by atoms with Gasteiger partial charge < -0.3 is 29.7 Å². The average Bonchev–Trinajstić information content (AvgIpc) is 3.29. The Hall–Kier alpha value is -3.95. The number of nitrogens with one attached hydrogen (secondary N) is 1. The molecule has 8 nitrogen and oxygen atoms in total. The number of quaternary nitrogens is 1. The van der Waals surface area contributed by atoms with Crippen molar-refractivity contribution in [2.24, 2.45) is 5.73 Å². The van der Waals surface area contributed by atoms with Crippen LogP contribution in [0, 0.1) is 5.82 Å². The van der Waals surface area contributed by atoms with Crippen molar-refractivity contribution >= 4 is 33.3 Å². The van der Waals surface area contributed by atoms with E-state index in [1.165, 1.54) is 6.07 Å². The first-order valence-electron chi connectivity index (χ1n) is 12.8. The number of ether oxygens (including phenoxy) is 1. The Bertz CT molecular complexity index is 1670. The number of carbonyl (C=O) groups excluding carboxylic acids is 1. The molecule has 3 heterocycles. The number of amides is 1. The lowest BCUT2D eigenvalue weighted by Gasteiger charge is -2.29. The fourth-order valence-corrected chi connectivity index (χ4v) is 5.34. The monoisotopic (exact) mass is 516 g/mol. The van der Waals surface area contributed by atoms with Crippen LogP contribution in [0.15, 0.2) is 53.5 Å². The van der Waals surface area contributed by atoms with Crippen molar-refractivity contribution in [2.75, 3.05) is 52.2 Å². The third kappa shape index (κ3) is 4.08. The van der Waals surface area contributed by atoms with E-state index in [1.54, 1.807) is 10.8 Å². The lowest BCUT2D eigenvalue weighted by Crippen LogP contribution is -2.42. The largest absolute Gasteiger partial charge is 0.451 e. The topological polar surface area (TPSA) is 89.6 Å². The maximum atomic E-state index is 15.8. The average molecular weight is 517 g/mol. The van der Waals surface area contributed by atoms with E-state index in [-0.39, 0.29) is 28.4 Å². The first kappa shape index (κ1) is 24.4. The normalized spacial score (nSPS) is 16.6. The predicted molar refractivity (Wildman–Crippen MR) is 147 cm³/mol. The van der Waals surface area contributed by atoms with Crippen LogP contribution in [0.1, 0.15) is 16.8 Å². The summed E-state index contributed by atoms with van der Waals surface area (Å²) in [5.41, 5.74) is 6.98. The third-order valence-corrected chi connectivity index (χ3v) is 7.32. The van der Waals surface area contributed by atoms with E-state index in [2.05, 4.69) is 5.32 Å². The smallest absolute Gasteiger partial charge is 0.256 e. The highest BCUT2D eigenvalue weighted by Crippen LogP contribution is 2.48. The first-order chi connectivity index (χ1) is 18.1. The molecule has 9 heteroatoms. The molecule has 0 aliphatic carbocycles. The summed E-state index contributed by atoms with van der Waals surface area (Å²) >= 11 is 0. The van der Waals surface area contributed by atoms with Gasteiger partial charge in [0, 0.05) is 25.3 Å². The molecule has 1 unspecified atom stereocenters. The van der Waals surface area contributed by atoms with Crippen molar-refractivity contribution in [3.05, 3.63) is 70.3 Å². The van der Waals surface area contributed by atoms with E-state index in [1.807, 2.05) is 62.4 Å². The molecule has 2 aliphatic rings. The molecule has 0 saturated carbocycles. The van der Waals surface area contributed by atoms with Crippen LogP contribution in [-0.4, -0.2) is 68.3 Å². The summed E-state index contributed by atoms with van der Waals surface area (Å²) in [5.74, 6) is -0.268. The standard InChI is InChI=1S/C29H30FN5O3/c1-35(2,3)11-9-32-29(37)21-16-34-23-12-17-6-4-5-7-18(17)13-24(23)38-28-25(34)20(27(21)36)14-22(30)26(28)33-10-8-19(31)15-33/h4-7,12-14,16,19H,8-11,15,31H2,1-3H3/p+1. The van der Waals surface area contributed by atoms with Crippen molar-refractivity contribution in [3.63, 3.8) is 0 Å². The lowest BCUT2D eigenvalue weighted by atomic mass is 10.0. The summed E-state index contributed by atoms with van der Waals surface area (Å²) in [4.78, 5) is 28.7. The highest BCUT2D eigenvalue weighted by atomic mass is 19.1. The summed E-state index contributed by atoms with van der Waals surface area (Å²) in [7, 11) is 6.08. The second-order valence-electron chi connectivity index (χ2n) is 11.2. The highest BCUT2D eigenvalue weighted by molar-refractivity contribution is 6.02. The number of rotatable bonds is 5. The number of carbonyl (C=O) groups is 1. The fourth-order valence-electron chi connectivity index (χ4n) is 5.34. The molecule has 4 aromatic rings. The number of nitrogens with zero attached hydrogens (tertiary/aromatic N) is 3. The number of likely N-dealkylation sites (N-methyl/N-ethyl adjacent to an activating group) is 1. The van der Waals surface area contributed by atoms with Crippen LogP contribution < -0.4 is 26.1 Å². The number of anilines is 1. The molecule has 2 aliphatic heterocycles. The molecule has 38 heavy (non-hydrogen) atoms. The van der Waals surface area contributed by atoms with Gasteiger partial charge in [0.1, 0.15) is 16.8 Å². The van der Waals surface area contributed by atoms with Crippen LogP contribution >= 0.6 is 0 Å². The third-order valence-electron chi connectivity index (χ3n) is 7.32. The number of benzene rings is 3. The van der Waals surface area contributed by atoms with Gasteiger partial charge in [-0.2, -0.15) is 0 Å². The van der Waals surface area contributed by atoms with Crippen molar-refractivity contribution < 1.29 is 18.4 Å². The Kier molecular flexibility index (Phi) is 5.66. The number of pyridine rings is 1. The molecular formula is C29H31FN5O3+. The van der Waals surface area contributed by atoms with E-state index >= 15 is 4.39 Å². The lowest BCUT2D eigenvalue weighted by molar-refractivity contribution is -0.869. The fraction of sp³-hybridized carbons (Fsp3) is 0.310. The Labute approximate surface area is 219 Å². The van der Waals surface area contributed by atoms with Crippen molar-refractivity contribution in [1.82, 2.24) is 9.88 Å². The van der Waals surface area contributed by atoms with Crippen LogP contribution in [-0.2, 0) is 0 Å². The maximum absolute atomic E-state index is 15.8. The van der Waals surface area contributed by atoms with Crippen molar-refractivity contribution in [2.45, 2.75) is 12.5 Å². The molecule has 1 saturated heterocycles. The Balaban J connectivity index is 1.58. The summed E-state index contributed by atoms with van der Waals surface area (Å²) in [6, 6.07) is 12.9. The van der Waals surface area contributed by atoms with Gasteiger partial charge in [0.15, 0.2) is 17.3 Å². The molecule has 3 N–H and O–H groups in total. The molecule has 0 radical (unpaired) electrons. The zero-order valence-corrected chi connectivity index (χ0v) is 21.8. The number of hydrogen-bond donors (Lipinski definition) is 2. The number of fused-ring (bicyclic) bond motifs is 3. The van der Waals surface area contributed by atoms with Crippen LogP contribution in [0.5, 0.6) is 11.5 Å².